The first-order valence-electron chi connectivity index (χ1n) is 4.63. The lowest BCUT2D eigenvalue weighted by molar-refractivity contribution is 0.419. The minimum atomic E-state index is -1.51. The maximum atomic E-state index is 7.45. The second-order valence-corrected chi connectivity index (χ2v) is 2.82. The van der Waals surface area contributed by atoms with Gasteiger partial charge in [-0.15, -0.1) is 0 Å². The summed E-state index contributed by atoms with van der Waals surface area (Å²) in [6.07, 6.45) is 1.26. The Kier molecular flexibility index (Phi) is 1.80. The molecule has 0 bridgehead atoms. The van der Waals surface area contributed by atoms with Crippen molar-refractivity contribution in [2.24, 2.45) is 0 Å². The summed E-state index contributed by atoms with van der Waals surface area (Å²) in [5.74, 6) is 0.497. The fourth-order valence-corrected chi connectivity index (χ4v) is 1.24. The highest BCUT2D eigenvalue weighted by Gasteiger charge is 2.01. The largest absolute Gasteiger partial charge is 0.342 e. The molecule has 2 aromatic rings. The first-order chi connectivity index (χ1) is 7.07. The Labute approximate surface area is 86.7 Å². The fraction of sp³-hybridized carbons (Fsp3) is 0.111. The van der Waals surface area contributed by atoms with Crippen LogP contribution >= 0.6 is 15.9 Å². The Morgan fingerprint density at radius 3 is 2.69 bits per heavy atom. The lowest BCUT2D eigenvalue weighted by Gasteiger charge is -1.96. The molecule has 0 unspecified atom stereocenters. The van der Waals surface area contributed by atoms with E-state index in [1.807, 2.05) is 0 Å². The van der Waals surface area contributed by atoms with Crippen LogP contribution in [-0.4, -0.2) is 10.1 Å². The lowest BCUT2D eigenvalue weighted by atomic mass is 10.1. The summed E-state index contributed by atoms with van der Waals surface area (Å²) in [6.45, 7) is 0. The molecular formula is C9H7BrN2O. The van der Waals surface area contributed by atoms with Crippen LogP contribution in [0.2, 0.25) is 0 Å². The summed E-state index contributed by atoms with van der Waals surface area (Å²) in [6, 6.07) is 6.86. The van der Waals surface area contributed by atoms with Gasteiger partial charge in [-0.05, 0) is 5.56 Å². The van der Waals surface area contributed by atoms with E-state index in [2.05, 4.69) is 30.6 Å². The van der Waals surface area contributed by atoms with Crippen molar-refractivity contribution in [1.82, 2.24) is 10.1 Å². The number of aromatic nitrogens is 2. The molecule has 3 nitrogen and oxygen atoms in total. The van der Waals surface area contributed by atoms with Gasteiger partial charge in [0.1, 0.15) is 0 Å². The van der Waals surface area contributed by atoms with Crippen molar-refractivity contribution in [1.29, 1.82) is 0 Å². The van der Waals surface area contributed by atoms with Gasteiger partial charge in [0.15, 0.2) is 0 Å². The van der Waals surface area contributed by atoms with Gasteiger partial charge < -0.3 is 4.52 Å². The molecule has 0 fully saturated rings. The van der Waals surface area contributed by atoms with Crippen molar-refractivity contribution in [2.45, 2.75) is 5.28 Å². The van der Waals surface area contributed by atoms with Crippen LogP contribution in [0.15, 0.2) is 35.2 Å². The first-order valence-corrected chi connectivity index (χ1v) is 4.43. The average Bonchev–Trinajstić information content (AvgIpc) is 2.69. The van der Waals surface area contributed by atoms with Crippen LogP contribution in [-0.2, 0) is 5.28 Å². The molecule has 4 heteroatoms. The van der Waals surface area contributed by atoms with Crippen molar-refractivity contribution < 1.29 is 7.26 Å². The van der Waals surface area contributed by atoms with Crippen LogP contribution in [0.1, 0.15) is 8.30 Å². The van der Waals surface area contributed by atoms with Crippen LogP contribution in [0.25, 0.3) is 11.4 Å². The van der Waals surface area contributed by atoms with Gasteiger partial charge >= 0.3 is 0 Å². The van der Waals surface area contributed by atoms with Gasteiger partial charge in [-0.1, -0.05) is 45.4 Å². The summed E-state index contributed by atoms with van der Waals surface area (Å²) in [5, 5.41) is 2.18. The monoisotopic (exact) mass is 240 g/mol. The average molecular weight is 241 g/mol. The second-order valence-electron chi connectivity index (χ2n) is 2.43. The van der Waals surface area contributed by atoms with E-state index in [0.29, 0.717) is 11.4 Å². The standard InChI is InChI=1S/C9H7BrN2O/c10-5-7-1-3-8(4-2-7)9-11-6-13-12-9/h1-4,6H,5H2/i5D2. The maximum absolute atomic E-state index is 7.45. The molecule has 13 heavy (non-hydrogen) atoms. The molecule has 1 aromatic carbocycles. The summed E-state index contributed by atoms with van der Waals surface area (Å²) in [7, 11) is 0. The zero-order valence-electron chi connectivity index (χ0n) is 8.57. The SMILES string of the molecule is [2H]C([2H])(Br)c1ccc(-c2ncon2)cc1. The van der Waals surface area contributed by atoms with E-state index in [1.54, 1.807) is 24.3 Å². The highest BCUT2D eigenvalue weighted by Crippen LogP contribution is 2.15. The predicted molar refractivity (Wildman–Crippen MR) is 52.4 cm³/mol. The smallest absolute Gasteiger partial charge is 0.214 e. The highest BCUT2D eigenvalue weighted by molar-refractivity contribution is 9.08. The Hall–Kier alpha value is -1.16. The molecule has 0 aliphatic carbocycles. The van der Waals surface area contributed by atoms with E-state index in [4.69, 9.17) is 2.74 Å². The number of benzene rings is 1. The molecule has 0 spiro atoms. The van der Waals surface area contributed by atoms with E-state index in [0.717, 1.165) is 5.56 Å². The van der Waals surface area contributed by atoms with E-state index in [-0.39, 0.29) is 0 Å². The van der Waals surface area contributed by atoms with E-state index < -0.39 is 5.28 Å². The van der Waals surface area contributed by atoms with Gasteiger partial charge in [0.25, 0.3) is 0 Å². The third kappa shape index (κ3) is 1.78. The number of alkyl halides is 1. The molecule has 0 aliphatic rings. The molecular weight excluding hydrogens is 232 g/mol. The fourth-order valence-electron chi connectivity index (χ4n) is 0.980. The van der Waals surface area contributed by atoms with Crippen LogP contribution in [0, 0.1) is 0 Å². The number of hydrogen-bond acceptors (Lipinski definition) is 3. The number of nitrogens with zero attached hydrogens (tertiary/aromatic N) is 2. The quantitative estimate of drug-likeness (QED) is 0.758. The van der Waals surface area contributed by atoms with Crippen molar-refractivity contribution >= 4 is 15.9 Å². The molecule has 1 aromatic heterocycles. The Morgan fingerprint density at radius 1 is 1.38 bits per heavy atom. The summed E-state index contributed by atoms with van der Waals surface area (Å²) in [4.78, 5) is 3.90. The van der Waals surface area contributed by atoms with Crippen LogP contribution < -0.4 is 0 Å². The van der Waals surface area contributed by atoms with Crippen molar-refractivity contribution in [3.63, 3.8) is 0 Å². The molecule has 0 aliphatic heterocycles. The van der Waals surface area contributed by atoms with E-state index in [9.17, 15) is 0 Å². The molecule has 0 atom stereocenters. The Bertz CT molecular complexity index is 436. The zero-order chi connectivity index (χ0) is 10.9. The molecule has 0 radical (unpaired) electrons. The van der Waals surface area contributed by atoms with Crippen LogP contribution in [0.4, 0.5) is 0 Å². The summed E-state index contributed by atoms with van der Waals surface area (Å²) >= 11 is 2.94. The van der Waals surface area contributed by atoms with Crippen molar-refractivity contribution in [3.8, 4) is 11.4 Å². The molecule has 0 saturated carbocycles. The highest BCUT2D eigenvalue weighted by atomic mass is 79.9. The number of halogens is 1. The van der Waals surface area contributed by atoms with Crippen LogP contribution in [0.3, 0.4) is 0 Å². The molecule has 2 rings (SSSR count). The van der Waals surface area contributed by atoms with Gasteiger partial charge in [0.05, 0.1) is 0 Å². The number of rotatable bonds is 2. The van der Waals surface area contributed by atoms with Gasteiger partial charge in [0.2, 0.25) is 12.2 Å². The third-order valence-electron chi connectivity index (χ3n) is 1.61. The molecule has 0 N–H and O–H groups in total. The maximum Gasteiger partial charge on any atom is 0.214 e. The summed E-state index contributed by atoms with van der Waals surface area (Å²) in [5.41, 5.74) is 1.35. The molecule has 66 valence electrons. The van der Waals surface area contributed by atoms with Crippen LogP contribution in [0.5, 0.6) is 0 Å². The normalized spacial score (nSPS) is 13.6. The topological polar surface area (TPSA) is 38.9 Å². The minimum Gasteiger partial charge on any atom is -0.342 e. The van der Waals surface area contributed by atoms with Gasteiger partial charge in [-0.25, -0.2) is 0 Å². The van der Waals surface area contributed by atoms with E-state index >= 15 is 0 Å². The zero-order valence-corrected chi connectivity index (χ0v) is 8.15. The first kappa shape index (κ1) is 6.32. The van der Waals surface area contributed by atoms with Gasteiger partial charge in [0, 0.05) is 13.6 Å². The molecule has 0 saturated heterocycles. The van der Waals surface area contributed by atoms with Gasteiger partial charge in [-0.2, -0.15) is 4.98 Å². The predicted octanol–water partition coefficient (Wildman–Crippen LogP) is 2.63. The third-order valence-corrected chi connectivity index (χ3v) is 2.07. The second kappa shape index (κ2) is 3.70. The minimum absolute atomic E-state index is 0.497. The Morgan fingerprint density at radius 2 is 2.15 bits per heavy atom. The molecule has 0 amide bonds. The van der Waals surface area contributed by atoms with Gasteiger partial charge in [-0.3, -0.25) is 0 Å². The summed E-state index contributed by atoms with van der Waals surface area (Å²) < 4.78 is 19.5. The lowest BCUT2D eigenvalue weighted by Crippen LogP contribution is -1.81. The number of hydrogen-bond donors (Lipinski definition) is 0. The van der Waals surface area contributed by atoms with E-state index in [1.165, 1.54) is 6.39 Å². The van der Waals surface area contributed by atoms with Crippen molar-refractivity contribution in [2.75, 3.05) is 0 Å². The molecule has 1 heterocycles. The Balaban J connectivity index is 2.33. The van der Waals surface area contributed by atoms with Crippen molar-refractivity contribution in [3.05, 3.63) is 36.2 Å².